The second-order valence-corrected chi connectivity index (χ2v) is 15.5. The third-order valence-corrected chi connectivity index (χ3v) is 8.08. The van der Waals surface area contributed by atoms with Gasteiger partial charge in [0.1, 0.15) is 6.61 Å². The summed E-state index contributed by atoms with van der Waals surface area (Å²) in [5, 5.41) is 12.9. The molecule has 0 radical (unpaired) electrons. The summed E-state index contributed by atoms with van der Waals surface area (Å²) in [4.78, 5) is 12.5. The second-order valence-electron chi connectivity index (χ2n) is 9.93. The third-order valence-electron chi connectivity index (χ3n) is 6.27. The molecule has 2 aliphatic carbocycles. The van der Waals surface area contributed by atoms with E-state index < -0.39 is 19.7 Å². The molecule has 1 amide bonds. The van der Waals surface area contributed by atoms with Crippen LogP contribution in [0.15, 0.2) is 48.5 Å². The summed E-state index contributed by atoms with van der Waals surface area (Å²) in [6, 6.07) is 17.9. The lowest BCUT2D eigenvalue weighted by Gasteiger charge is -2.48. The van der Waals surface area contributed by atoms with Gasteiger partial charge in [-0.1, -0.05) is 74.2 Å². The van der Waals surface area contributed by atoms with E-state index in [1.165, 1.54) is 28.3 Å². The average molecular weight is 410 g/mol. The van der Waals surface area contributed by atoms with E-state index in [1.807, 2.05) is 24.3 Å². The number of amides is 1. The van der Waals surface area contributed by atoms with E-state index >= 15 is 0 Å². The smallest absolute Gasteiger partial charge is 0.407 e. The highest BCUT2D eigenvalue weighted by Gasteiger charge is 2.46. The van der Waals surface area contributed by atoms with Crippen LogP contribution >= 0.6 is 0 Å². The van der Waals surface area contributed by atoms with Gasteiger partial charge in [-0.2, -0.15) is 0 Å². The highest BCUT2D eigenvalue weighted by Crippen LogP contribution is 2.45. The minimum atomic E-state index is -1.13. The first kappa shape index (κ1) is 20.2. The Bertz CT molecular complexity index is 853. The van der Waals surface area contributed by atoms with E-state index in [0.29, 0.717) is 12.5 Å². The van der Waals surface area contributed by atoms with Crippen LogP contribution in [-0.4, -0.2) is 38.0 Å². The number of carbonyl (C=O) groups is 1. The maximum atomic E-state index is 12.5. The van der Waals surface area contributed by atoms with Gasteiger partial charge in [0.15, 0.2) is 0 Å². The first-order chi connectivity index (χ1) is 13.8. The van der Waals surface area contributed by atoms with Gasteiger partial charge >= 0.3 is 6.09 Å². The summed E-state index contributed by atoms with van der Waals surface area (Å²) in [6.07, 6.45) is 1.27. The molecule has 2 aromatic rings. The molecule has 4 rings (SSSR count). The van der Waals surface area contributed by atoms with Gasteiger partial charge in [-0.15, -0.1) is 0 Å². The van der Waals surface area contributed by atoms with Gasteiger partial charge in [-0.05, 0) is 41.0 Å². The minimum absolute atomic E-state index is 0.0284. The molecule has 0 bridgehead atoms. The van der Waals surface area contributed by atoms with Crippen LogP contribution in [-0.2, 0) is 4.74 Å². The topological polar surface area (TPSA) is 58.6 Å². The summed E-state index contributed by atoms with van der Waals surface area (Å²) in [5.41, 5.74) is 4.34. The molecule has 1 saturated carbocycles. The third kappa shape index (κ3) is 4.12. The van der Waals surface area contributed by atoms with Crippen molar-refractivity contribution < 1.29 is 14.6 Å². The van der Waals surface area contributed by atoms with Crippen LogP contribution in [0.2, 0.25) is 25.7 Å². The van der Waals surface area contributed by atoms with Crippen molar-refractivity contribution in [1.29, 1.82) is 0 Å². The van der Waals surface area contributed by atoms with Gasteiger partial charge < -0.3 is 15.2 Å². The molecule has 1 fully saturated rings. The lowest BCUT2D eigenvalue weighted by molar-refractivity contribution is 0.0393. The lowest BCUT2D eigenvalue weighted by atomic mass is 9.69. The summed E-state index contributed by atoms with van der Waals surface area (Å²) in [6.45, 7) is 7.37. The van der Waals surface area contributed by atoms with Crippen molar-refractivity contribution in [3.05, 3.63) is 59.7 Å². The molecule has 0 atom stereocenters. The summed E-state index contributed by atoms with van der Waals surface area (Å²) in [5.74, 6) is 0.655. The fourth-order valence-electron chi connectivity index (χ4n) is 5.18. The van der Waals surface area contributed by atoms with Crippen LogP contribution in [0.1, 0.15) is 29.9 Å². The van der Waals surface area contributed by atoms with Crippen molar-refractivity contribution in [1.82, 2.24) is 5.32 Å². The van der Waals surface area contributed by atoms with E-state index in [2.05, 4.69) is 49.2 Å². The number of hydrogen-bond donors (Lipinski definition) is 2. The number of rotatable bonds is 6. The fraction of sp³-hybridized carbons (Fsp3) is 0.458. The van der Waals surface area contributed by atoms with Crippen LogP contribution in [0, 0.1) is 5.92 Å². The van der Waals surface area contributed by atoms with Crippen LogP contribution in [0.3, 0.4) is 0 Å². The molecule has 5 heteroatoms. The zero-order chi connectivity index (χ0) is 20.6. The van der Waals surface area contributed by atoms with Gasteiger partial charge in [-0.25, -0.2) is 4.79 Å². The Morgan fingerprint density at radius 2 is 1.62 bits per heavy atom. The predicted octanol–water partition coefficient (Wildman–Crippen LogP) is 5.00. The Labute approximate surface area is 174 Å². The van der Waals surface area contributed by atoms with Gasteiger partial charge in [0.25, 0.3) is 0 Å². The Hall–Kier alpha value is -2.11. The molecular formula is C24H31NO3Si. The van der Waals surface area contributed by atoms with Gasteiger partial charge in [-0.3, -0.25) is 0 Å². The number of carbonyl (C=O) groups excluding carboxylic acids is 1. The number of hydrogen-bond acceptors (Lipinski definition) is 3. The Balaban J connectivity index is 1.38. The van der Waals surface area contributed by atoms with Crippen molar-refractivity contribution >= 4 is 14.2 Å². The van der Waals surface area contributed by atoms with Gasteiger partial charge in [0.05, 0.1) is 12.1 Å². The quantitative estimate of drug-likeness (QED) is 0.660. The van der Waals surface area contributed by atoms with Crippen LogP contribution in [0.4, 0.5) is 4.79 Å². The number of ether oxygens (including phenoxy) is 1. The van der Waals surface area contributed by atoms with Crippen molar-refractivity contribution in [2.75, 3.05) is 13.2 Å². The van der Waals surface area contributed by atoms with Crippen LogP contribution in [0.25, 0.3) is 11.1 Å². The molecule has 2 aliphatic rings. The maximum absolute atomic E-state index is 12.5. The maximum Gasteiger partial charge on any atom is 0.407 e. The number of fused-ring (bicyclic) bond motifs is 3. The van der Waals surface area contributed by atoms with E-state index in [-0.39, 0.29) is 12.5 Å². The first-order valence-corrected chi connectivity index (χ1v) is 14.2. The molecule has 4 nitrogen and oxygen atoms in total. The summed E-state index contributed by atoms with van der Waals surface area (Å²) in [7, 11) is -1.13. The van der Waals surface area contributed by atoms with E-state index in [4.69, 9.17) is 4.74 Å². The minimum Gasteiger partial charge on any atom is -0.449 e. The zero-order valence-corrected chi connectivity index (χ0v) is 18.6. The number of benzene rings is 2. The molecule has 154 valence electrons. The van der Waals surface area contributed by atoms with Crippen molar-refractivity contribution in [3.8, 4) is 11.1 Å². The number of aliphatic hydroxyl groups excluding tert-OH is 1. The molecule has 0 aliphatic heterocycles. The number of aliphatic hydroxyl groups is 1. The number of nitrogens with one attached hydrogen (secondary N) is 1. The molecule has 0 saturated heterocycles. The Morgan fingerprint density at radius 3 is 2.14 bits per heavy atom. The monoisotopic (exact) mass is 409 g/mol. The van der Waals surface area contributed by atoms with Crippen LogP contribution < -0.4 is 5.32 Å². The van der Waals surface area contributed by atoms with E-state index in [9.17, 15) is 9.90 Å². The molecule has 0 heterocycles. The average Bonchev–Trinajstić information content (AvgIpc) is 2.97. The van der Waals surface area contributed by atoms with E-state index in [0.717, 1.165) is 12.8 Å². The molecule has 0 unspecified atom stereocenters. The zero-order valence-electron chi connectivity index (χ0n) is 17.6. The van der Waals surface area contributed by atoms with Gasteiger partial charge in [0.2, 0.25) is 0 Å². The van der Waals surface area contributed by atoms with E-state index in [1.54, 1.807) is 0 Å². The van der Waals surface area contributed by atoms with Crippen LogP contribution in [0.5, 0.6) is 0 Å². The van der Waals surface area contributed by atoms with Crippen molar-refractivity contribution in [2.24, 2.45) is 5.92 Å². The SMILES string of the molecule is C[Si](C)(C)CC1CC(CO)(NC(=O)OCC2c3ccccc3-c3ccccc32)C1. The molecule has 29 heavy (non-hydrogen) atoms. The molecule has 2 N–H and O–H groups in total. The summed E-state index contributed by atoms with van der Waals surface area (Å²) < 4.78 is 5.66. The summed E-state index contributed by atoms with van der Waals surface area (Å²) >= 11 is 0. The molecule has 0 spiro atoms. The number of alkyl carbamates (subject to hydrolysis) is 1. The Kier molecular flexibility index (Phi) is 5.30. The normalized spacial score (nSPS) is 23.1. The standard InChI is InChI=1S/C24H31NO3Si/c1-29(2,3)15-17-12-24(13-17,16-26)25-23(27)28-14-22-20-10-6-4-8-18(20)19-9-5-7-11-21(19)22/h4-11,17,22,26H,12-16H2,1-3H3,(H,25,27). The highest BCUT2D eigenvalue weighted by atomic mass is 28.3. The largest absolute Gasteiger partial charge is 0.449 e. The lowest BCUT2D eigenvalue weighted by Crippen LogP contribution is -2.60. The van der Waals surface area contributed by atoms with Gasteiger partial charge in [0, 0.05) is 14.0 Å². The Morgan fingerprint density at radius 1 is 1.07 bits per heavy atom. The molecule has 2 aromatic carbocycles. The fourth-order valence-corrected chi connectivity index (χ4v) is 7.20. The van der Waals surface area contributed by atoms with Crippen molar-refractivity contribution in [3.63, 3.8) is 0 Å². The van der Waals surface area contributed by atoms with Crippen molar-refractivity contribution in [2.45, 2.75) is 50.0 Å². The predicted molar refractivity (Wildman–Crippen MR) is 119 cm³/mol. The molecular weight excluding hydrogens is 378 g/mol. The highest BCUT2D eigenvalue weighted by molar-refractivity contribution is 6.76. The molecule has 0 aromatic heterocycles. The first-order valence-electron chi connectivity index (χ1n) is 10.5. The second kappa shape index (κ2) is 7.61.